The molecular formula is C19H19BrO4. The zero-order valence-electron chi connectivity index (χ0n) is 13.6. The average molecular weight is 391 g/mol. The molecule has 0 saturated heterocycles. The number of carbonyl (C=O) groups is 1. The summed E-state index contributed by atoms with van der Waals surface area (Å²) in [4.78, 5) is 10.7. The van der Waals surface area contributed by atoms with Crippen LogP contribution in [0.5, 0.6) is 11.5 Å². The van der Waals surface area contributed by atoms with Crippen molar-refractivity contribution in [3.63, 3.8) is 0 Å². The van der Waals surface area contributed by atoms with Gasteiger partial charge in [-0.3, -0.25) is 0 Å². The maximum Gasteiger partial charge on any atom is 0.328 e. The highest BCUT2D eigenvalue weighted by Gasteiger charge is 2.04. The van der Waals surface area contributed by atoms with Crippen LogP contribution < -0.4 is 9.47 Å². The fraction of sp³-hybridized carbons (Fsp3) is 0.211. The second-order valence-corrected chi connectivity index (χ2v) is 6.29. The summed E-state index contributed by atoms with van der Waals surface area (Å²) in [6, 6.07) is 11.5. The highest BCUT2D eigenvalue weighted by Crippen LogP contribution is 2.24. The predicted molar refractivity (Wildman–Crippen MR) is 97.7 cm³/mol. The molecule has 0 fully saturated rings. The smallest absolute Gasteiger partial charge is 0.328 e. The number of hydrogen-bond donors (Lipinski definition) is 1. The summed E-state index contributed by atoms with van der Waals surface area (Å²) in [6.45, 7) is 4.82. The first kappa shape index (κ1) is 18.1. The van der Waals surface area contributed by atoms with Crippen molar-refractivity contribution in [3.8, 4) is 11.5 Å². The quantitative estimate of drug-likeness (QED) is 0.553. The largest absolute Gasteiger partial charge is 0.490 e. The van der Waals surface area contributed by atoms with Gasteiger partial charge in [0.1, 0.15) is 24.7 Å². The highest BCUT2D eigenvalue weighted by molar-refractivity contribution is 9.10. The number of rotatable bonds is 7. The summed E-state index contributed by atoms with van der Waals surface area (Å²) >= 11 is 3.37. The second kappa shape index (κ2) is 8.55. The van der Waals surface area contributed by atoms with E-state index < -0.39 is 5.97 Å². The third-order valence-corrected chi connectivity index (χ3v) is 3.68. The Balaban J connectivity index is 1.95. The Morgan fingerprint density at radius 1 is 1.08 bits per heavy atom. The Morgan fingerprint density at radius 3 is 2.42 bits per heavy atom. The van der Waals surface area contributed by atoms with Gasteiger partial charge in [-0.05, 0) is 61.4 Å². The summed E-state index contributed by atoms with van der Waals surface area (Å²) in [6.07, 6.45) is 2.59. The number of hydrogen-bond acceptors (Lipinski definition) is 3. The van der Waals surface area contributed by atoms with E-state index in [0.717, 1.165) is 27.4 Å². The minimum absolute atomic E-state index is 0.364. The fourth-order valence-electron chi connectivity index (χ4n) is 2.27. The van der Waals surface area contributed by atoms with Crippen LogP contribution in [0.3, 0.4) is 0 Å². The zero-order chi connectivity index (χ0) is 17.5. The van der Waals surface area contributed by atoms with E-state index in [1.165, 1.54) is 6.08 Å². The lowest BCUT2D eigenvalue weighted by atomic mass is 10.1. The molecule has 0 aliphatic carbocycles. The molecule has 126 valence electrons. The van der Waals surface area contributed by atoms with Gasteiger partial charge in [0.2, 0.25) is 0 Å². The molecule has 0 heterocycles. The molecule has 0 saturated carbocycles. The van der Waals surface area contributed by atoms with Crippen LogP contribution in [0, 0.1) is 13.8 Å². The molecule has 0 amide bonds. The summed E-state index contributed by atoms with van der Waals surface area (Å²) in [5.41, 5.74) is 3.00. The van der Waals surface area contributed by atoms with Crippen LogP contribution in [0.4, 0.5) is 0 Å². The Labute approximate surface area is 149 Å². The zero-order valence-corrected chi connectivity index (χ0v) is 15.2. The first-order valence-corrected chi connectivity index (χ1v) is 8.28. The summed E-state index contributed by atoms with van der Waals surface area (Å²) in [5.74, 6) is 0.428. The molecule has 0 aliphatic rings. The van der Waals surface area contributed by atoms with Crippen molar-refractivity contribution in [1.82, 2.24) is 0 Å². The maximum absolute atomic E-state index is 10.7. The molecule has 0 aromatic heterocycles. The van der Waals surface area contributed by atoms with Gasteiger partial charge in [0.15, 0.2) is 0 Å². The molecule has 2 aromatic rings. The van der Waals surface area contributed by atoms with E-state index in [0.29, 0.717) is 24.5 Å². The Kier molecular flexibility index (Phi) is 6.44. The van der Waals surface area contributed by atoms with Crippen molar-refractivity contribution >= 4 is 28.0 Å². The molecular weight excluding hydrogens is 372 g/mol. The Bertz CT molecular complexity index is 733. The van der Waals surface area contributed by atoms with Gasteiger partial charge < -0.3 is 14.6 Å². The Morgan fingerprint density at radius 2 is 1.75 bits per heavy atom. The summed E-state index contributed by atoms with van der Waals surface area (Å²) in [5, 5.41) is 8.76. The number of benzene rings is 2. The van der Waals surface area contributed by atoms with E-state index >= 15 is 0 Å². The van der Waals surface area contributed by atoms with Crippen molar-refractivity contribution in [2.45, 2.75) is 13.8 Å². The summed E-state index contributed by atoms with van der Waals surface area (Å²) in [7, 11) is 0. The van der Waals surface area contributed by atoms with Crippen LogP contribution in [0.25, 0.3) is 6.08 Å². The van der Waals surface area contributed by atoms with Crippen molar-refractivity contribution in [3.05, 3.63) is 63.6 Å². The molecule has 2 aromatic carbocycles. The van der Waals surface area contributed by atoms with Crippen LogP contribution in [0.1, 0.15) is 16.7 Å². The minimum Gasteiger partial charge on any atom is -0.490 e. The molecule has 0 bridgehead atoms. The topological polar surface area (TPSA) is 55.8 Å². The third kappa shape index (κ3) is 5.74. The molecule has 0 spiro atoms. The molecule has 5 heteroatoms. The number of carboxylic acids is 1. The van der Waals surface area contributed by atoms with E-state index in [-0.39, 0.29) is 0 Å². The molecule has 0 atom stereocenters. The van der Waals surface area contributed by atoms with Gasteiger partial charge in [-0.25, -0.2) is 4.79 Å². The minimum atomic E-state index is -1.00. The number of ether oxygens (including phenoxy) is 2. The lowest BCUT2D eigenvalue weighted by Gasteiger charge is -2.11. The van der Waals surface area contributed by atoms with Crippen LogP contribution >= 0.6 is 15.9 Å². The van der Waals surface area contributed by atoms with Gasteiger partial charge in [0.05, 0.1) is 0 Å². The van der Waals surface area contributed by atoms with Crippen LogP contribution in [0.15, 0.2) is 46.9 Å². The van der Waals surface area contributed by atoms with E-state index in [1.54, 1.807) is 12.1 Å². The maximum atomic E-state index is 10.7. The van der Waals surface area contributed by atoms with Crippen molar-refractivity contribution in [1.29, 1.82) is 0 Å². The third-order valence-electron chi connectivity index (χ3n) is 3.18. The molecule has 24 heavy (non-hydrogen) atoms. The number of carboxylic acid groups (broad SMARTS) is 1. The predicted octanol–water partition coefficient (Wildman–Crippen LogP) is 4.62. The monoisotopic (exact) mass is 390 g/mol. The van der Waals surface area contributed by atoms with Gasteiger partial charge in [-0.1, -0.05) is 22.0 Å². The van der Waals surface area contributed by atoms with E-state index in [4.69, 9.17) is 14.6 Å². The van der Waals surface area contributed by atoms with Gasteiger partial charge in [-0.2, -0.15) is 0 Å². The van der Waals surface area contributed by atoms with E-state index in [9.17, 15) is 4.79 Å². The van der Waals surface area contributed by atoms with Crippen LogP contribution in [0.2, 0.25) is 0 Å². The van der Waals surface area contributed by atoms with Crippen LogP contribution in [-0.2, 0) is 4.79 Å². The molecule has 1 N–H and O–H groups in total. The number of halogens is 1. The standard InChI is InChI=1S/C19H19BrO4/c1-13-9-14(2)11-17(10-13)23-7-8-24-18-5-4-16(20)12-15(18)3-6-19(21)22/h3-6,9-12H,7-8H2,1-2H3,(H,21,22). The van der Waals surface area contributed by atoms with Crippen LogP contribution in [-0.4, -0.2) is 24.3 Å². The fourth-order valence-corrected chi connectivity index (χ4v) is 2.65. The molecule has 0 aliphatic heterocycles. The van der Waals surface area contributed by atoms with E-state index in [1.807, 2.05) is 32.0 Å². The summed E-state index contributed by atoms with van der Waals surface area (Å²) < 4.78 is 12.3. The molecule has 4 nitrogen and oxygen atoms in total. The average Bonchev–Trinajstić information content (AvgIpc) is 2.50. The highest BCUT2D eigenvalue weighted by atomic mass is 79.9. The first-order valence-electron chi connectivity index (χ1n) is 7.48. The van der Waals surface area contributed by atoms with E-state index in [2.05, 4.69) is 22.0 Å². The number of aryl methyl sites for hydroxylation is 2. The first-order chi connectivity index (χ1) is 11.4. The SMILES string of the molecule is Cc1cc(C)cc(OCCOc2ccc(Br)cc2C=CC(=O)O)c1. The van der Waals surface area contributed by atoms with Crippen molar-refractivity contribution in [2.75, 3.05) is 13.2 Å². The second-order valence-electron chi connectivity index (χ2n) is 5.37. The van der Waals surface area contributed by atoms with Gasteiger partial charge in [0, 0.05) is 16.1 Å². The van der Waals surface area contributed by atoms with Crippen molar-refractivity contribution in [2.24, 2.45) is 0 Å². The lowest BCUT2D eigenvalue weighted by Crippen LogP contribution is -2.09. The molecule has 0 radical (unpaired) electrons. The number of aliphatic carboxylic acids is 1. The van der Waals surface area contributed by atoms with Gasteiger partial charge >= 0.3 is 5.97 Å². The molecule has 0 unspecified atom stereocenters. The molecule has 2 rings (SSSR count). The normalized spacial score (nSPS) is 10.8. The Hall–Kier alpha value is -2.27. The van der Waals surface area contributed by atoms with Gasteiger partial charge in [-0.15, -0.1) is 0 Å². The lowest BCUT2D eigenvalue weighted by molar-refractivity contribution is -0.131. The van der Waals surface area contributed by atoms with Crippen molar-refractivity contribution < 1.29 is 19.4 Å². The van der Waals surface area contributed by atoms with Gasteiger partial charge in [0.25, 0.3) is 0 Å².